The third-order valence-electron chi connectivity index (χ3n) is 2.37. The molecule has 0 amide bonds. The van der Waals surface area contributed by atoms with Crippen LogP contribution in [-0.2, 0) is 0 Å². The van der Waals surface area contributed by atoms with Crippen LogP contribution in [0.4, 0.5) is 0 Å². The highest BCUT2D eigenvalue weighted by atomic mass is 35.5. The Morgan fingerprint density at radius 3 is 2.76 bits per heavy atom. The summed E-state index contributed by atoms with van der Waals surface area (Å²) in [7, 11) is 0. The molecule has 0 aliphatic rings. The first kappa shape index (κ1) is 17.0. The SMILES string of the molecule is C=CCOc1c(Cl)cc(/C=C(\C#N)C(N)=S)cc1OCC. The van der Waals surface area contributed by atoms with Gasteiger partial charge in [0.25, 0.3) is 0 Å². The number of nitrogens with two attached hydrogens (primary N) is 1. The minimum absolute atomic E-state index is 0.0265. The van der Waals surface area contributed by atoms with E-state index in [-0.39, 0.29) is 10.6 Å². The number of hydrogen-bond acceptors (Lipinski definition) is 4. The Morgan fingerprint density at radius 1 is 1.52 bits per heavy atom. The van der Waals surface area contributed by atoms with E-state index in [1.54, 1.807) is 24.3 Å². The van der Waals surface area contributed by atoms with Gasteiger partial charge in [0.1, 0.15) is 17.7 Å². The molecule has 0 saturated carbocycles. The van der Waals surface area contributed by atoms with Gasteiger partial charge in [-0.1, -0.05) is 36.5 Å². The molecule has 0 aromatic heterocycles. The Morgan fingerprint density at radius 2 is 2.24 bits per heavy atom. The van der Waals surface area contributed by atoms with Gasteiger partial charge in [0.2, 0.25) is 0 Å². The van der Waals surface area contributed by atoms with Crippen LogP contribution in [0.1, 0.15) is 12.5 Å². The maximum atomic E-state index is 8.98. The van der Waals surface area contributed by atoms with Crippen molar-refractivity contribution in [1.29, 1.82) is 5.26 Å². The normalized spacial score (nSPS) is 10.6. The first-order valence-corrected chi connectivity index (χ1v) is 6.93. The van der Waals surface area contributed by atoms with Crippen molar-refractivity contribution in [2.24, 2.45) is 5.73 Å². The van der Waals surface area contributed by atoms with Crippen molar-refractivity contribution in [2.75, 3.05) is 13.2 Å². The maximum Gasteiger partial charge on any atom is 0.180 e. The second-order valence-electron chi connectivity index (χ2n) is 3.90. The lowest BCUT2D eigenvalue weighted by atomic mass is 10.1. The second kappa shape index (κ2) is 8.30. The number of ether oxygens (including phenoxy) is 2. The van der Waals surface area contributed by atoms with Gasteiger partial charge < -0.3 is 15.2 Å². The van der Waals surface area contributed by atoms with E-state index in [9.17, 15) is 0 Å². The van der Waals surface area contributed by atoms with Gasteiger partial charge >= 0.3 is 0 Å². The zero-order valence-electron chi connectivity index (χ0n) is 11.6. The van der Waals surface area contributed by atoms with Gasteiger partial charge in [-0.05, 0) is 30.7 Å². The summed E-state index contributed by atoms with van der Waals surface area (Å²) in [5, 5.41) is 9.35. The predicted octanol–water partition coefficient (Wildman–Crippen LogP) is 3.50. The summed E-state index contributed by atoms with van der Waals surface area (Å²) in [6.45, 7) is 6.20. The van der Waals surface area contributed by atoms with Crippen LogP contribution >= 0.6 is 23.8 Å². The Balaban J connectivity index is 3.29. The van der Waals surface area contributed by atoms with E-state index < -0.39 is 0 Å². The smallest absolute Gasteiger partial charge is 0.180 e. The Labute approximate surface area is 134 Å². The van der Waals surface area contributed by atoms with Gasteiger partial charge in [0, 0.05) is 0 Å². The average Bonchev–Trinajstić information content (AvgIpc) is 2.44. The van der Waals surface area contributed by atoms with Crippen molar-refractivity contribution in [3.05, 3.63) is 40.9 Å². The van der Waals surface area contributed by atoms with Crippen LogP contribution in [-0.4, -0.2) is 18.2 Å². The molecule has 1 aromatic carbocycles. The number of hydrogen-bond donors (Lipinski definition) is 1. The number of thiocarbonyl (C=S) groups is 1. The molecule has 21 heavy (non-hydrogen) atoms. The number of benzene rings is 1. The lowest BCUT2D eigenvalue weighted by Crippen LogP contribution is -2.09. The molecular formula is C15H15ClN2O2S. The van der Waals surface area contributed by atoms with Crippen LogP contribution in [0.5, 0.6) is 11.5 Å². The summed E-state index contributed by atoms with van der Waals surface area (Å²) in [6, 6.07) is 5.30. The lowest BCUT2D eigenvalue weighted by molar-refractivity contribution is 0.297. The van der Waals surface area contributed by atoms with Gasteiger partial charge in [-0.3, -0.25) is 0 Å². The first-order valence-electron chi connectivity index (χ1n) is 6.15. The number of nitriles is 1. The predicted molar refractivity (Wildman–Crippen MR) is 88.7 cm³/mol. The minimum Gasteiger partial charge on any atom is -0.490 e. The molecule has 4 nitrogen and oxygen atoms in total. The van der Waals surface area contributed by atoms with Gasteiger partial charge in [-0.15, -0.1) is 0 Å². The molecule has 1 aromatic rings. The third-order valence-corrected chi connectivity index (χ3v) is 2.87. The van der Waals surface area contributed by atoms with Crippen LogP contribution in [0.15, 0.2) is 30.4 Å². The molecule has 110 valence electrons. The van der Waals surface area contributed by atoms with Gasteiger partial charge in [0.15, 0.2) is 11.5 Å². The maximum absolute atomic E-state index is 8.98. The summed E-state index contributed by atoms with van der Waals surface area (Å²) < 4.78 is 11.0. The van der Waals surface area contributed by atoms with E-state index in [0.29, 0.717) is 35.3 Å². The highest BCUT2D eigenvalue weighted by Crippen LogP contribution is 2.37. The van der Waals surface area contributed by atoms with Gasteiger partial charge in [0.05, 0.1) is 17.2 Å². The zero-order valence-corrected chi connectivity index (χ0v) is 13.1. The lowest BCUT2D eigenvalue weighted by Gasteiger charge is -2.13. The molecular weight excluding hydrogens is 308 g/mol. The second-order valence-corrected chi connectivity index (χ2v) is 4.74. The summed E-state index contributed by atoms with van der Waals surface area (Å²) in [5.74, 6) is 0.919. The Bertz CT molecular complexity index is 621. The average molecular weight is 323 g/mol. The quantitative estimate of drug-likeness (QED) is 0.360. The fraction of sp³-hybridized carbons (Fsp3) is 0.200. The van der Waals surface area contributed by atoms with Crippen molar-refractivity contribution >= 4 is 34.9 Å². The molecule has 0 fully saturated rings. The molecule has 0 atom stereocenters. The first-order chi connectivity index (χ1) is 10.0. The van der Waals surface area contributed by atoms with Crippen LogP contribution < -0.4 is 15.2 Å². The molecule has 0 aliphatic heterocycles. The molecule has 0 radical (unpaired) electrons. The van der Waals surface area contributed by atoms with E-state index in [1.165, 1.54) is 0 Å². The van der Waals surface area contributed by atoms with Crippen molar-refractivity contribution in [3.8, 4) is 17.6 Å². The minimum atomic E-state index is 0.0265. The summed E-state index contributed by atoms with van der Waals surface area (Å²) in [4.78, 5) is 0.0265. The molecule has 0 saturated heterocycles. The topological polar surface area (TPSA) is 68.3 Å². The van der Waals surface area contributed by atoms with Crippen LogP contribution in [0, 0.1) is 11.3 Å². The van der Waals surface area contributed by atoms with Crippen molar-refractivity contribution in [1.82, 2.24) is 0 Å². The van der Waals surface area contributed by atoms with E-state index >= 15 is 0 Å². The van der Waals surface area contributed by atoms with Crippen LogP contribution in [0.3, 0.4) is 0 Å². The van der Waals surface area contributed by atoms with Crippen molar-refractivity contribution in [3.63, 3.8) is 0 Å². The molecule has 6 heteroatoms. The summed E-state index contributed by atoms with van der Waals surface area (Å²) in [6.07, 6.45) is 3.16. The Kier molecular flexibility index (Phi) is 6.73. The molecule has 0 spiro atoms. The van der Waals surface area contributed by atoms with E-state index in [0.717, 1.165) is 0 Å². The number of halogens is 1. The monoisotopic (exact) mass is 322 g/mol. The van der Waals surface area contributed by atoms with Crippen molar-refractivity contribution in [2.45, 2.75) is 6.92 Å². The molecule has 0 heterocycles. The molecule has 0 aliphatic carbocycles. The largest absolute Gasteiger partial charge is 0.490 e. The van der Waals surface area contributed by atoms with Crippen LogP contribution in [0.25, 0.3) is 6.08 Å². The third kappa shape index (κ3) is 4.78. The van der Waals surface area contributed by atoms with Crippen LogP contribution in [0.2, 0.25) is 5.02 Å². The molecule has 1 rings (SSSR count). The zero-order chi connectivity index (χ0) is 15.8. The molecule has 2 N–H and O–H groups in total. The van der Waals surface area contributed by atoms with E-state index in [4.69, 9.17) is 44.3 Å². The van der Waals surface area contributed by atoms with E-state index in [2.05, 4.69) is 6.58 Å². The summed E-state index contributed by atoms with van der Waals surface area (Å²) >= 11 is 11.0. The highest BCUT2D eigenvalue weighted by Gasteiger charge is 2.12. The fourth-order valence-corrected chi connectivity index (χ4v) is 1.92. The molecule has 0 unspecified atom stereocenters. The van der Waals surface area contributed by atoms with E-state index in [1.807, 2.05) is 13.0 Å². The van der Waals surface area contributed by atoms with Gasteiger partial charge in [-0.2, -0.15) is 5.26 Å². The number of rotatable bonds is 7. The Hall–Kier alpha value is -2.03. The van der Waals surface area contributed by atoms with Crippen molar-refractivity contribution < 1.29 is 9.47 Å². The standard InChI is InChI=1S/C15H15ClN2O2S/c1-3-5-20-14-12(16)7-10(8-13(14)19-4-2)6-11(9-17)15(18)21/h3,6-8H,1,4-5H2,2H3,(H2,18,21)/b11-6+. The summed E-state index contributed by atoms with van der Waals surface area (Å²) in [5.41, 5.74) is 6.32. The molecule has 0 bridgehead atoms. The fourth-order valence-electron chi connectivity index (χ4n) is 1.54. The van der Waals surface area contributed by atoms with Gasteiger partial charge in [-0.25, -0.2) is 0 Å². The number of nitrogens with zero attached hydrogens (tertiary/aromatic N) is 1. The highest BCUT2D eigenvalue weighted by molar-refractivity contribution is 7.80.